The lowest BCUT2D eigenvalue weighted by molar-refractivity contribution is -0.274. The van der Waals surface area contributed by atoms with Crippen LogP contribution in [0.25, 0.3) is 0 Å². The van der Waals surface area contributed by atoms with Gasteiger partial charge in [-0.25, -0.2) is 4.79 Å². The van der Waals surface area contributed by atoms with Gasteiger partial charge in [0.05, 0.1) is 0 Å². The summed E-state index contributed by atoms with van der Waals surface area (Å²) in [6, 6.07) is 15.5. The summed E-state index contributed by atoms with van der Waals surface area (Å²) in [7, 11) is 0. The summed E-state index contributed by atoms with van der Waals surface area (Å²) in [6.45, 7) is 4.40. The Labute approximate surface area is 196 Å². The molecule has 0 unspecified atom stereocenters. The predicted octanol–water partition coefficient (Wildman–Crippen LogP) is 4.45. The zero-order valence-corrected chi connectivity index (χ0v) is 19.1. The highest BCUT2D eigenvalue weighted by Gasteiger charge is 2.57. The van der Waals surface area contributed by atoms with Gasteiger partial charge in [0.2, 0.25) is 0 Å². The molecule has 3 amide bonds. The monoisotopic (exact) mass is 475 g/mol. The molecule has 2 aromatic rings. The topological polar surface area (TPSA) is 53.1 Å². The van der Waals surface area contributed by atoms with E-state index in [-0.39, 0.29) is 17.7 Å². The molecule has 0 aromatic heterocycles. The fraction of sp³-hybridized carbons (Fsp3) is 0.440. The van der Waals surface area contributed by atoms with Crippen molar-refractivity contribution in [1.82, 2.24) is 14.7 Å². The van der Waals surface area contributed by atoms with Gasteiger partial charge in [-0.15, -0.1) is 13.2 Å². The molecule has 0 atom stereocenters. The molecular weight excluding hydrogens is 447 g/mol. The zero-order chi connectivity index (χ0) is 24.3. The van der Waals surface area contributed by atoms with Crippen molar-refractivity contribution in [1.29, 1.82) is 0 Å². The van der Waals surface area contributed by atoms with Gasteiger partial charge in [-0.05, 0) is 49.4 Å². The number of hydrogen-bond acceptors (Lipinski definition) is 4. The zero-order valence-electron chi connectivity index (χ0n) is 19.1. The van der Waals surface area contributed by atoms with E-state index in [1.165, 1.54) is 17.0 Å². The van der Waals surface area contributed by atoms with Crippen molar-refractivity contribution in [3.63, 3.8) is 0 Å². The maximum Gasteiger partial charge on any atom is 0.573 e. The Morgan fingerprint density at radius 3 is 2.18 bits per heavy atom. The SMILES string of the molecule is CCN1C(=O)N(CCc2ccccc2)C2(CCN(Cc3ccc(OC(F)(F)F)cc3)CC2)C1=O. The summed E-state index contributed by atoms with van der Waals surface area (Å²) in [5.41, 5.74) is 1.14. The molecule has 2 heterocycles. The molecule has 4 rings (SSSR count). The van der Waals surface area contributed by atoms with E-state index in [0.717, 1.165) is 11.1 Å². The number of imide groups is 1. The Bertz CT molecular complexity index is 1000. The number of urea groups is 1. The number of likely N-dealkylation sites (tertiary alicyclic amines) is 1. The summed E-state index contributed by atoms with van der Waals surface area (Å²) < 4.78 is 41.0. The molecule has 2 aliphatic rings. The van der Waals surface area contributed by atoms with Gasteiger partial charge < -0.3 is 9.64 Å². The van der Waals surface area contributed by atoms with Gasteiger partial charge in [-0.2, -0.15) is 0 Å². The number of likely N-dealkylation sites (N-methyl/N-ethyl adjacent to an activating group) is 1. The minimum Gasteiger partial charge on any atom is -0.406 e. The van der Waals surface area contributed by atoms with E-state index >= 15 is 0 Å². The van der Waals surface area contributed by atoms with Crippen LogP contribution in [-0.4, -0.2) is 64.7 Å². The molecule has 2 aliphatic heterocycles. The molecule has 0 saturated carbocycles. The van der Waals surface area contributed by atoms with Crippen LogP contribution < -0.4 is 4.74 Å². The quantitative estimate of drug-likeness (QED) is 0.556. The van der Waals surface area contributed by atoms with Crippen LogP contribution in [0.15, 0.2) is 54.6 Å². The standard InChI is InChI=1S/C25H28F3N3O3/c1-2-30-22(32)24(31(23(30)33)15-12-19-6-4-3-5-7-19)13-16-29(17-14-24)18-20-8-10-21(11-9-20)34-25(26,27)28/h3-11H,2,12-18H2,1H3. The third-order valence-corrected chi connectivity index (χ3v) is 6.65. The van der Waals surface area contributed by atoms with E-state index in [2.05, 4.69) is 9.64 Å². The first-order valence-electron chi connectivity index (χ1n) is 11.5. The summed E-state index contributed by atoms with van der Waals surface area (Å²) in [6.07, 6.45) is -2.99. The molecular formula is C25H28F3N3O3. The number of carbonyl (C=O) groups is 2. The van der Waals surface area contributed by atoms with Crippen molar-refractivity contribution in [2.75, 3.05) is 26.2 Å². The molecule has 1 spiro atoms. The third-order valence-electron chi connectivity index (χ3n) is 6.65. The van der Waals surface area contributed by atoms with Crippen molar-refractivity contribution in [3.8, 4) is 5.75 Å². The molecule has 2 fully saturated rings. The summed E-state index contributed by atoms with van der Waals surface area (Å²) in [4.78, 5) is 31.6. The van der Waals surface area contributed by atoms with Gasteiger partial charge in [-0.1, -0.05) is 42.5 Å². The van der Waals surface area contributed by atoms with Crippen molar-refractivity contribution in [3.05, 3.63) is 65.7 Å². The second kappa shape index (κ2) is 9.66. The van der Waals surface area contributed by atoms with Crippen LogP contribution in [-0.2, 0) is 17.8 Å². The molecule has 0 N–H and O–H groups in total. The number of carbonyl (C=O) groups excluding carboxylic acids is 2. The number of alkyl halides is 3. The highest BCUT2D eigenvalue weighted by molar-refractivity contribution is 6.07. The van der Waals surface area contributed by atoms with E-state index in [1.54, 1.807) is 17.0 Å². The first-order valence-corrected chi connectivity index (χ1v) is 11.5. The molecule has 9 heteroatoms. The lowest BCUT2D eigenvalue weighted by Gasteiger charge is -2.42. The van der Waals surface area contributed by atoms with E-state index in [9.17, 15) is 22.8 Å². The highest BCUT2D eigenvalue weighted by Crippen LogP contribution is 2.37. The normalized spacial score (nSPS) is 18.7. The average molecular weight is 476 g/mol. The maximum absolute atomic E-state index is 13.3. The number of amides is 3. The average Bonchev–Trinajstić information content (AvgIpc) is 3.00. The first-order chi connectivity index (χ1) is 16.2. The number of rotatable bonds is 7. The molecule has 0 aliphatic carbocycles. The number of halogens is 3. The Kier molecular flexibility index (Phi) is 6.84. The van der Waals surface area contributed by atoms with Gasteiger partial charge in [0, 0.05) is 32.7 Å². The molecule has 0 bridgehead atoms. The van der Waals surface area contributed by atoms with Gasteiger partial charge >= 0.3 is 12.4 Å². The number of piperidine rings is 1. The summed E-state index contributed by atoms with van der Waals surface area (Å²) >= 11 is 0. The van der Waals surface area contributed by atoms with Crippen LogP contribution in [0.3, 0.4) is 0 Å². The molecule has 2 aromatic carbocycles. The first kappa shape index (κ1) is 24.1. The Morgan fingerprint density at radius 2 is 1.59 bits per heavy atom. The Morgan fingerprint density at radius 1 is 0.941 bits per heavy atom. The van der Waals surface area contributed by atoms with Gasteiger partial charge in [-0.3, -0.25) is 14.6 Å². The lowest BCUT2D eigenvalue weighted by Crippen LogP contribution is -2.56. The lowest BCUT2D eigenvalue weighted by atomic mass is 9.85. The number of nitrogens with zero attached hydrogens (tertiary/aromatic N) is 3. The second-order valence-electron chi connectivity index (χ2n) is 8.72. The van der Waals surface area contributed by atoms with E-state index in [0.29, 0.717) is 52.0 Å². The fourth-order valence-electron chi connectivity index (χ4n) is 4.88. The van der Waals surface area contributed by atoms with Crippen LogP contribution >= 0.6 is 0 Å². The van der Waals surface area contributed by atoms with Crippen LogP contribution in [0.4, 0.5) is 18.0 Å². The van der Waals surface area contributed by atoms with Crippen LogP contribution in [0.5, 0.6) is 5.75 Å². The number of benzene rings is 2. The van der Waals surface area contributed by atoms with Crippen LogP contribution in [0.1, 0.15) is 30.9 Å². The molecule has 182 valence electrons. The Balaban J connectivity index is 1.41. The van der Waals surface area contributed by atoms with E-state index in [4.69, 9.17) is 0 Å². The maximum atomic E-state index is 13.3. The van der Waals surface area contributed by atoms with Crippen molar-refractivity contribution >= 4 is 11.9 Å². The second-order valence-corrected chi connectivity index (χ2v) is 8.72. The summed E-state index contributed by atoms with van der Waals surface area (Å²) in [5.74, 6) is -0.376. The van der Waals surface area contributed by atoms with Crippen molar-refractivity contribution < 1.29 is 27.5 Å². The molecule has 0 radical (unpaired) electrons. The minimum atomic E-state index is -4.72. The van der Waals surface area contributed by atoms with Gasteiger partial charge in [0.15, 0.2) is 0 Å². The minimum absolute atomic E-state index is 0.124. The number of ether oxygens (including phenoxy) is 1. The molecule has 6 nitrogen and oxygen atoms in total. The largest absolute Gasteiger partial charge is 0.573 e. The summed E-state index contributed by atoms with van der Waals surface area (Å²) in [5, 5.41) is 0. The van der Waals surface area contributed by atoms with Crippen LogP contribution in [0.2, 0.25) is 0 Å². The third kappa shape index (κ3) is 5.04. The van der Waals surface area contributed by atoms with E-state index < -0.39 is 11.9 Å². The fourth-order valence-corrected chi connectivity index (χ4v) is 4.88. The predicted molar refractivity (Wildman–Crippen MR) is 120 cm³/mol. The smallest absolute Gasteiger partial charge is 0.406 e. The van der Waals surface area contributed by atoms with Crippen molar-refractivity contribution in [2.24, 2.45) is 0 Å². The number of hydrogen-bond donors (Lipinski definition) is 0. The Hall–Kier alpha value is -3.07. The van der Waals surface area contributed by atoms with E-state index in [1.807, 2.05) is 37.3 Å². The van der Waals surface area contributed by atoms with Crippen molar-refractivity contribution in [2.45, 2.75) is 44.6 Å². The van der Waals surface area contributed by atoms with Crippen LogP contribution in [0, 0.1) is 0 Å². The molecule has 2 saturated heterocycles. The molecule has 34 heavy (non-hydrogen) atoms. The van der Waals surface area contributed by atoms with Gasteiger partial charge in [0.25, 0.3) is 5.91 Å². The highest BCUT2D eigenvalue weighted by atomic mass is 19.4. The van der Waals surface area contributed by atoms with Gasteiger partial charge in [0.1, 0.15) is 11.3 Å².